The van der Waals surface area contributed by atoms with Gasteiger partial charge >= 0.3 is 0 Å². The molecule has 0 radical (unpaired) electrons. The molecule has 1 aliphatic heterocycles. The van der Waals surface area contributed by atoms with E-state index in [1.54, 1.807) is 18.2 Å². The molecule has 1 heterocycles. The van der Waals surface area contributed by atoms with Crippen molar-refractivity contribution in [2.45, 2.75) is 13.5 Å². The molecule has 0 spiro atoms. The molecule has 29 heavy (non-hydrogen) atoms. The molecule has 0 atom stereocenters. The number of hydrogen-bond donors (Lipinski definition) is 0. The minimum atomic E-state index is -0.0879. The summed E-state index contributed by atoms with van der Waals surface area (Å²) in [5, 5.41) is 0.331. The molecule has 0 amide bonds. The average molecular weight is 446 g/mol. The van der Waals surface area contributed by atoms with E-state index >= 15 is 0 Å². The third kappa shape index (κ3) is 5.92. The summed E-state index contributed by atoms with van der Waals surface area (Å²) in [6, 6.07) is 13.4. The van der Waals surface area contributed by atoms with E-state index in [2.05, 4.69) is 11.6 Å². The highest BCUT2D eigenvalue weighted by molar-refractivity contribution is 8.45. The number of thioether (sulfide) groups is 2. The van der Waals surface area contributed by atoms with Crippen LogP contribution in [0.3, 0.4) is 0 Å². The van der Waals surface area contributed by atoms with E-state index in [9.17, 15) is 4.79 Å². The molecule has 0 N–H and O–H groups in total. The fourth-order valence-corrected chi connectivity index (χ4v) is 4.42. The second-order valence-corrected chi connectivity index (χ2v) is 8.57. The maximum Gasteiger partial charge on any atom is 0.244 e. The summed E-state index contributed by atoms with van der Waals surface area (Å²) < 4.78 is 12.4. The Morgan fingerprint density at radius 3 is 2.76 bits per heavy atom. The Kier molecular flexibility index (Phi) is 7.86. The minimum absolute atomic E-state index is 0.0879. The molecule has 1 aliphatic rings. The van der Waals surface area contributed by atoms with Crippen LogP contribution in [0.5, 0.6) is 11.5 Å². The lowest BCUT2D eigenvalue weighted by atomic mass is 10.1. The largest absolute Gasteiger partial charge is 0.490 e. The van der Waals surface area contributed by atoms with Crippen LogP contribution in [-0.4, -0.2) is 21.9 Å². The first-order valence-electron chi connectivity index (χ1n) is 9.00. The van der Waals surface area contributed by atoms with Crippen molar-refractivity contribution in [3.05, 3.63) is 77.0 Å². The highest BCUT2D eigenvalue weighted by Gasteiger charge is 2.22. The highest BCUT2D eigenvalue weighted by Crippen LogP contribution is 2.39. The molecule has 0 bridgehead atoms. The van der Waals surface area contributed by atoms with Gasteiger partial charge < -0.3 is 9.47 Å². The van der Waals surface area contributed by atoms with Crippen LogP contribution in [0, 0.1) is 0 Å². The van der Waals surface area contributed by atoms with Gasteiger partial charge in [0.25, 0.3) is 0 Å². The van der Waals surface area contributed by atoms with Gasteiger partial charge in [0, 0.05) is 5.75 Å². The normalized spacial score (nSPS) is 14.8. The molecule has 0 unspecified atom stereocenters. The highest BCUT2D eigenvalue weighted by atomic mass is 35.5. The molecule has 150 valence electrons. The maximum atomic E-state index is 12.2. The van der Waals surface area contributed by atoms with E-state index in [1.807, 2.05) is 43.3 Å². The molecule has 3 rings (SSSR count). The number of ether oxygens (including phenoxy) is 2. The quantitative estimate of drug-likeness (QED) is 0.357. The van der Waals surface area contributed by atoms with E-state index in [0.717, 1.165) is 27.3 Å². The van der Waals surface area contributed by atoms with Gasteiger partial charge in [-0.1, -0.05) is 59.8 Å². The van der Waals surface area contributed by atoms with Gasteiger partial charge in [0.2, 0.25) is 5.12 Å². The topological polar surface area (TPSA) is 47.9 Å². The summed E-state index contributed by atoms with van der Waals surface area (Å²) in [5.74, 6) is 1.73. The van der Waals surface area contributed by atoms with Crippen LogP contribution in [0.25, 0.3) is 6.08 Å². The van der Waals surface area contributed by atoms with Crippen molar-refractivity contribution in [1.29, 1.82) is 0 Å². The van der Waals surface area contributed by atoms with E-state index in [0.29, 0.717) is 41.2 Å². The fourth-order valence-electron chi connectivity index (χ4n) is 2.54. The van der Waals surface area contributed by atoms with Crippen molar-refractivity contribution in [3.63, 3.8) is 0 Å². The van der Waals surface area contributed by atoms with Gasteiger partial charge in [-0.2, -0.15) is 0 Å². The van der Waals surface area contributed by atoms with Gasteiger partial charge in [0.15, 0.2) is 11.5 Å². The summed E-state index contributed by atoms with van der Waals surface area (Å²) >= 11 is 9.10. The zero-order valence-corrected chi connectivity index (χ0v) is 18.3. The molecule has 0 fully saturated rings. The van der Waals surface area contributed by atoms with E-state index in [-0.39, 0.29) is 5.12 Å². The molecule has 0 aliphatic carbocycles. The number of aliphatic imine (C=N–C) groups is 1. The van der Waals surface area contributed by atoms with Gasteiger partial charge in [-0.3, -0.25) is 4.79 Å². The minimum Gasteiger partial charge on any atom is -0.490 e. The SMILES string of the molecule is C=CCSC1=N/C(=C/c2cc(Cl)c(OCc3ccccc3)c(OCC)c2)C(=O)S1. The van der Waals surface area contributed by atoms with Gasteiger partial charge in [-0.05, 0) is 48.0 Å². The lowest BCUT2D eigenvalue weighted by Gasteiger charge is -2.14. The van der Waals surface area contributed by atoms with Gasteiger partial charge in [-0.15, -0.1) is 6.58 Å². The molecule has 0 saturated carbocycles. The molecule has 4 nitrogen and oxygen atoms in total. The number of carbonyl (C=O) groups is 1. The Hall–Kier alpha value is -2.15. The Morgan fingerprint density at radius 1 is 1.24 bits per heavy atom. The number of hydrogen-bond acceptors (Lipinski definition) is 6. The maximum absolute atomic E-state index is 12.2. The van der Waals surface area contributed by atoms with E-state index in [1.165, 1.54) is 11.8 Å². The number of benzene rings is 2. The van der Waals surface area contributed by atoms with Crippen molar-refractivity contribution < 1.29 is 14.3 Å². The standard InChI is InChI=1S/C22H20ClNO3S2/c1-3-10-28-22-24-18(21(25)29-22)12-16-11-17(23)20(19(13-16)26-4-2)27-14-15-8-6-5-7-9-15/h3,5-9,11-13H,1,4,10,14H2,2H3/b18-12+. The molecule has 7 heteroatoms. The Labute approximate surface area is 184 Å². The van der Waals surface area contributed by atoms with Gasteiger partial charge in [0.1, 0.15) is 16.7 Å². The van der Waals surface area contributed by atoms with Crippen molar-refractivity contribution in [2.24, 2.45) is 4.99 Å². The van der Waals surface area contributed by atoms with Crippen LogP contribution in [0.15, 0.2) is 65.8 Å². The van der Waals surface area contributed by atoms with Crippen molar-refractivity contribution in [3.8, 4) is 11.5 Å². The van der Waals surface area contributed by atoms with Crippen LogP contribution in [0.1, 0.15) is 18.1 Å². The first-order chi connectivity index (χ1) is 14.1. The lowest BCUT2D eigenvalue weighted by Crippen LogP contribution is -2.01. The third-order valence-electron chi connectivity index (χ3n) is 3.79. The zero-order valence-electron chi connectivity index (χ0n) is 15.9. The van der Waals surface area contributed by atoms with Crippen LogP contribution < -0.4 is 9.47 Å². The third-order valence-corrected chi connectivity index (χ3v) is 6.07. The molecular formula is C22H20ClNO3S2. The summed E-state index contributed by atoms with van der Waals surface area (Å²) in [4.78, 5) is 16.6. The zero-order chi connectivity index (χ0) is 20.6. The van der Waals surface area contributed by atoms with E-state index in [4.69, 9.17) is 21.1 Å². The lowest BCUT2D eigenvalue weighted by molar-refractivity contribution is -0.107. The molecule has 2 aromatic rings. The second-order valence-electron chi connectivity index (χ2n) is 5.93. The first kappa shape index (κ1) is 21.6. The molecule has 0 saturated heterocycles. The van der Waals surface area contributed by atoms with Crippen molar-refractivity contribution in [1.82, 2.24) is 0 Å². The monoisotopic (exact) mass is 445 g/mol. The van der Waals surface area contributed by atoms with Gasteiger partial charge in [-0.25, -0.2) is 4.99 Å². The summed E-state index contributed by atoms with van der Waals surface area (Å²) in [7, 11) is 0. The number of nitrogens with zero attached hydrogens (tertiary/aromatic N) is 1. The molecular weight excluding hydrogens is 426 g/mol. The van der Waals surface area contributed by atoms with Crippen LogP contribution >= 0.6 is 35.1 Å². The predicted molar refractivity (Wildman–Crippen MR) is 124 cm³/mol. The van der Waals surface area contributed by atoms with Gasteiger partial charge in [0.05, 0.1) is 11.6 Å². The summed E-state index contributed by atoms with van der Waals surface area (Å²) in [6.45, 7) is 6.42. The Bertz CT molecular complexity index is 958. The Morgan fingerprint density at radius 2 is 2.03 bits per heavy atom. The second kappa shape index (κ2) is 10.6. The number of carbonyl (C=O) groups excluding carboxylic acids is 1. The average Bonchev–Trinajstić information content (AvgIpc) is 3.06. The van der Waals surface area contributed by atoms with Crippen molar-refractivity contribution in [2.75, 3.05) is 12.4 Å². The van der Waals surface area contributed by atoms with Crippen molar-refractivity contribution >= 4 is 50.7 Å². The smallest absolute Gasteiger partial charge is 0.244 e. The number of halogens is 1. The Balaban J connectivity index is 1.84. The fraction of sp³-hybridized carbons (Fsp3) is 0.182. The van der Waals surface area contributed by atoms with E-state index < -0.39 is 0 Å². The van der Waals surface area contributed by atoms with Crippen LogP contribution in [-0.2, 0) is 11.4 Å². The van der Waals surface area contributed by atoms with Crippen LogP contribution in [0.4, 0.5) is 0 Å². The molecule has 0 aromatic heterocycles. The van der Waals surface area contributed by atoms with Crippen LogP contribution in [0.2, 0.25) is 5.02 Å². The number of rotatable bonds is 8. The molecule has 2 aromatic carbocycles. The predicted octanol–water partition coefficient (Wildman–Crippen LogP) is 6.21. The summed E-state index contributed by atoms with van der Waals surface area (Å²) in [6.07, 6.45) is 3.49. The summed E-state index contributed by atoms with van der Waals surface area (Å²) in [5.41, 5.74) is 2.15. The first-order valence-corrected chi connectivity index (χ1v) is 11.2.